The summed E-state index contributed by atoms with van der Waals surface area (Å²) in [4.78, 5) is 4.72. The van der Waals surface area contributed by atoms with E-state index in [0.717, 1.165) is 23.9 Å². The average molecular weight is 288 g/mol. The molecule has 1 aromatic carbocycles. The number of fused-ring (bicyclic) bond motifs is 1. The van der Waals surface area contributed by atoms with Crippen LogP contribution in [0.2, 0.25) is 0 Å². The van der Waals surface area contributed by atoms with Gasteiger partial charge in [-0.15, -0.1) is 11.3 Å². The SMILES string of the molecule is CC(C)C1CCCCC1NCc1nc2ccccc2s1. The number of benzene rings is 1. The van der Waals surface area contributed by atoms with Crippen molar-refractivity contribution in [3.63, 3.8) is 0 Å². The molecule has 3 heteroatoms. The maximum atomic E-state index is 4.72. The van der Waals surface area contributed by atoms with Gasteiger partial charge in [-0.2, -0.15) is 0 Å². The fourth-order valence-corrected chi connectivity index (χ4v) is 4.34. The van der Waals surface area contributed by atoms with E-state index < -0.39 is 0 Å². The Morgan fingerprint density at radius 3 is 2.85 bits per heavy atom. The lowest BCUT2D eigenvalue weighted by Gasteiger charge is -2.34. The highest BCUT2D eigenvalue weighted by Gasteiger charge is 2.27. The van der Waals surface area contributed by atoms with E-state index in [1.54, 1.807) is 0 Å². The number of nitrogens with one attached hydrogen (secondary N) is 1. The van der Waals surface area contributed by atoms with Gasteiger partial charge < -0.3 is 5.32 Å². The minimum Gasteiger partial charge on any atom is -0.307 e. The second kappa shape index (κ2) is 6.23. The molecule has 1 N–H and O–H groups in total. The molecule has 0 aliphatic heterocycles. The van der Waals surface area contributed by atoms with Gasteiger partial charge in [-0.05, 0) is 36.8 Å². The summed E-state index contributed by atoms with van der Waals surface area (Å²) in [5.41, 5.74) is 1.14. The first kappa shape index (κ1) is 14.0. The molecule has 1 aliphatic rings. The molecule has 3 rings (SSSR count). The van der Waals surface area contributed by atoms with E-state index in [4.69, 9.17) is 4.98 Å². The monoisotopic (exact) mass is 288 g/mol. The summed E-state index contributed by atoms with van der Waals surface area (Å²) in [7, 11) is 0. The van der Waals surface area contributed by atoms with Crippen LogP contribution in [0.5, 0.6) is 0 Å². The molecule has 0 saturated heterocycles. The first-order chi connectivity index (χ1) is 9.74. The van der Waals surface area contributed by atoms with Crippen molar-refractivity contribution < 1.29 is 0 Å². The Labute approximate surface area is 125 Å². The van der Waals surface area contributed by atoms with Crippen LogP contribution < -0.4 is 5.32 Å². The first-order valence-electron chi connectivity index (χ1n) is 7.82. The third-order valence-electron chi connectivity index (χ3n) is 4.53. The molecule has 2 nitrogen and oxygen atoms in total. The van der Waals surface area contributed by atoms with E-state index >= 15 is 0 Å². The molecular weight excluding hydrogens is 264 g/mol. The van der Waals surface area contributed by atoms with Crippen molar-refractivity contribution in [3.8, 4) is 0 Å². The van der Waals surface area contributed by atoms with Crippen molar-refractivity contribution in [2.75, 3.05) is 0 Å². The number of thiazole rings is 1. The quantitative estimate of drug-likeness (QED) is 0.889. The largest absolute Gasteiger partial charge is 0.307 e. The number of aromatic nitrogens is 1. The van der Waals surface area contributed by atoms with Gasteiger partial charge in [0.2, 0.25) is 0 Å². The van der Waals surface area contributed by atoms with Crippen molar-refractivity contribution in [1.29, 1.82) is 0 Å². The highest BCUT2D eigenvalue weighted by atomic mass is 32.1. The number of nitrogens with zero attached hydrogens (tertiary/aromatic N) is 1. The number of para-hydroxylation sites is 1. The summed E-state index contributed by atoms with van der Waals surface area (Å²) >= 11 is 1.82. The minimum absolute atomic E-state index is 0.677. The standard InChI is InChI=1S/C17H24N2S/c1-12(2)13-7-3-4-8-14(13)18-11-17-19-15-9-5-6-10-16(15)20-17/h5-6,9-10,12-14,18H,3-4,7-8,11H2,1-2H3. The Hall–Kier alpha value is -0.930. The van der Waals surface area contributed by atoms with E-state index in [9.17, 15) is 0 Å². The van der Waals surface area contributed by atoms with Crippen LogP contribution in [0.4, 0.5) is 0 Å². The van der Waals surface area contributed by atoms with E-state index in [-0.39, 0.29) is 0 Å². The van der Waals surface area contributed by atoms with Gasteiger partial charge in [-0.3, -0.25) is 0 Å². The molecular formula is C17H24N2S. The van der Waals surface area contributed by atoms with Crippen molar-refractivity contribution in [2.24, 2.45) is 11.8 Å². The van der Waals surface area contributed by atoms with Crippen LogP contribution in [-0.2, 0) is 6.54 Å². The van der Waals surface area contributed by atoms with E-state index in [1.165, 1.54) is 35.4 Å². The topological polar surface area (TPSA) is 24.9 Å². The van der Waals surface area contributed by atoms with Gasteiger partial charge in [-0.25, -0.2) is 4.98 Å². The van der Waals surface area contributed by atoms with Crippen LogP contribution in [0.15, 0.2) is 24.3 Å². The maximum Gasteiger partial charge on any atom is 0.108 e. The van der Waals surface area contributed by atoms with Gasteiger partial charge in [0, 0.05) is 12.6 Å². The number of rotatable bonds is 4. The molecule has 108 valence electrons. The van der Waals surface area contributed by atoms with Gasteiger partial charge in [0.1, 0.15) is 5.01 Å². The first-order valence-corrected chi connectivity index (χ1v) is 8.63. The van der Waals surface area contributed by atoms with Crippen LogP contribution in [0, 0.1) is 11.8 Å². The van der Waals surface area contributed by atoms with E-state index in [1.807, 2.05) is 11.3 Å². The van der Waals surface area contributed by atoms with E-state index in [0.29, 0.717) is 6.04 Å². The molecule has 2 unspecified atom stereocenters. The van der Waals surface area contributed by atoms with Crippen molar-refractivity contribution in [1.82, 2.24) is 10.3 Å². The van der Waals surface area contributed by atoms with Crippen LogP contribution in [0.25, 0.3) is 10.2 Å². The number of hydrogen-bond donors (Lipinski definition) is 1. The van der Waals surface area contributed by atoms with Gasteiger partial charge in [-0.1, -0.05) is 38.8 Å². The third kappa shape index (κ3) is 3.04. The minimum atomic E-state index is 0.677. The van der Waals surface area contributed by atoms with Crippen LogP contribution in [-0.4, -0.2) is 11.0 Å². The lowest BCUT2D eigenvalue weighted by atomic mass is 9.78. The fourth-order valence-electron chi connectivity index (χ4n) is 3.42. The summed E-state index contributed by atoms with van der Waals surface area (Å²) < 4.78 is 1.30. The van der Waals surface area contributed by atoms with Crippen molar-refractivity contribution in [2.45, 2.75) is 52.1 Å². The molecule has 1 aliphatic carbocycles. The van der Waals surface area contributed by atoms with Gasteiger partial charge >= 0.3 is 0 Å². The van der Waals surface area contributed by atoms with Gasteiger partial charge in [0.05, 0.1) is 10.2 Å². The Balaban J connectivity index is 1.65. The lowest BCUT2D eigenvalue weighted by molar-refractivity contribution is 0.204. The summed E-state index contributed by atoms with van der Waals surface area (Å²) in [5.74, 6) is 1.61. The maximum absolute atomic E-state index is 4.72. The van der Waals surface area contributed by atoms with Crippen molar-refractivity contribution >= 4 is 21.6 Å². The molecule has 0 radical (unpaired) electrons. The molecule has 0 amide bonds. The predicted molar refractivity (Wildman–Crippen MR) is 87.0 cm³/mol. The van der Waals surface area contributed by atoms with Crippen LogP contribution in [0.1, 0.15) is 44.5 Å². The Kier molecular flexibility index (Phi) is 4.37. The fraction of sp³-hybridized carbons (Fsp3) is 0.588. The van der Waals surface area contributed by atoms with Gasteiger partial charge in [0.15, 0.2) is 0 Å². The summed E-state index contributed by atoms with van der Waals surface area (Å²) in [6.45, 7) is 5.65. The summed E-state index contributed by atoms with van der Waals surface area (Å²) in [5, 5.41) is 5.00. The normalized spacial score (nSPS) is 23.6. The zero-order valence-electron chi connectivity index (χ0n) is 12.4. The zero-order chi connectivity index (χ0) is 13.9. The van der Waals surface area contributed by atoms with E-state index in [2.05, 4.69) is 43.4 Å². The highest BCUT2D eigenvalue weighted by molar-refractivity contribution is 7.18. The molecule has 20 heavy (non-hydrogen) atoms. The molecule has 1 aromatic heterocycles. The molecule has 0 bridgehead atoms. The third-order valence-corrected chi connectivity index (χ3v) is 5.57. The average Bonchev–Trinajstić information content (AvgIpc) is 2.88. The Bertz CT molecular complexity index is 528. The molecule has 2 aromatic rings. The summed E-state index contributed by atoms with van der Waals surface area (Å²) in [6, 6.07) is 9.10. The van der Waals surface area contributed by atoms with Gasteiger partial charge in [0.25, 0.3) is 0 Å². The molecule has 2 atom stereocenters. The molecule has 1 fully saturated rings. The van der Waals surface area contributed by atoms with Crippen molar-refractivity contribution in [3.05, 3.63) is 29.3 Å². The summed E-state index contributed by atoms with van der Waals surface area (Å²) in [6.07, 6.45) is 5.49. The predicted octanol–water partition coefficient (Wildman–Crippen LogP) is 4.60. The van der Waals surface area contributed by atoms with Crippen LogP contribution >= 0.6 is 11.3 Å². The second-order valence-corrected chi connectivity index (χ2v) is 7.37. The van der Waals surface area contributed by atoms with Crippen LogP contribution in [0.3, 0.4) is 0 Å². The molecule has 0 spiro atoms. The highest BCUT2D eigenvalue weighted by Crippen LogP contribution is 2.30. The molecule has 1 heterocycles. The Morgan fingerprint density at radius 1 is 1.25 bits per heavy atom. The zero-order valence-corrected chi connectivity index (χ0v) is 13.2. The molecule has 1 saturated carbocycles. The lowest BCUT2D eigenvalue weighted by Crippen LogP contribution is -2.40. The second-order valence-electron chi connectivity index (χ2n) is 6.26. The number of hydrogen-bond acceptors (Lipinski definition) is 3. The Morgan fingerprint density at radius 2 is 2.05 bits per heavy atom. The smallest absolute Gasteiger partial charge is 0.108 e.